The van der Waals surface area contributed by atoms with Gasteiger partial charge in [-0.05, 0) is 23.7 Å². The molecule has 2 N–H and O–H groups in total. The lowest BCUT2D eigenvalue weighted by atomic mass is 10.1. The molecule has 2 rings (SSSR count). The largest absolute Gasteiger partial charge is 0.496 e. The number of hydrogen-bond donors (Lipinski definition) is 1. The summed E-state index contributed by atoms with van der Waals surface area (Å²) >= 11 is 1.45. The van der Waals surface area contributed by atoms with Crippen LogP contribution < -0.4 is 10.5 Å². The van der Waals surface area contributed by atoms with Crippen LogP contribution in [0.5, 0.6) is 5.75 Å². The van der Waals surface area contributed by atoms with Crippen molar-refractivity contribution in [2.45, 2.75) is 6.54 Å². The summed E-state index contributed by atoms with van der Waals surface area (Å²) < 4.78 is 9.46. The van der Waals surface area contributed by atoms with Crippen LogP contribution in [0.1, 0.15) is 5.56 Å². The van der Waals surface area contributed by atoms with Gasteiger partial charge in [-0.15, -0.1) is 0 Å². The number of benzene rings is 1. The van der Waals surface area contributed by atoms with Gasteiger partial charge in [0, 0.05) is 23.9 Å². The SMILES string of the molecule is COc1ccccc1-c1sncc1CN. The summed E-state index contributed by atoms with van der Waals surface area (Å²) in [6, 6.07) is 7.89. The highest BCUT2D eigenvalue weighted by Gasteiger charge is 2.10. The van der Waals surface area contributed by atoms with E-state index in [1.54, 1.807) is 7.11 Å². The monoisotopic (exact) mass is 220 g/mol. The van der Waals surface area contributed by atoms with Crippen LogP contribution in [0.15, 0.2) is 30.5 Å². The summed E-state index contributed by atoms with van der Waals surface area (Å²) in [4.78, 5) is 1.09. The number of aromatic nitrogens is 1. The molecule has 1 heterocycles. The van der Waals surface area contributed by atoms with Crippen LogP contribution >= 0.6 is 11.5 Å². The molecule has 0 saturated carbocycles. The molecule has 1 aromatic heterocycles. The number of rotatable bonds is 3. The Hall–Kier alpha value is -1.39. The van der Waals surface area contributed by atoms with Gasteiger partial charge in [0.1, 0.15) is 5.75 Å². The first-order valence-corrected chi connectivity index (χ1v) is 5.41. The lowest BCUT2D eigenvalue weighted by Crippen LogP contribution is -1.96. The molecule has 0 amide bonds. The van der Waals surface area contributed by atoms with Crippen molar-refractivity contribution >= 4 is 11.5 Å². The van der Waals surface area contributed by atoms with Crippen LogP contribution in [0.3, 0.4) is 0 Å². The number of hydrogen-bond acceptors (Lipinski definition) is 4. The van der Waals surface area contributed by atoms with Crippen LogP contribution in [0.2, 0.25) is 0 Å². The van der Waals surface area contributed by atoms with Gasteiger partial charge in [0.05, 0.1) is 12.0 Å². The van der Waals surface area contributed by atoms with Crippen molar-refractivity contribution in [3.63, 3.8) is 0 Å². The summed E-state index contributed by atoms with van der Waals surface area (Å²) in [7, 11) is 1.67. The van der Waals surface area contributed by atoms with E-state index in [0.717, 1.165) is 21.8 Å². The second-order valence-electron chi connectivity index (χ2n) is 3.08. The van der Waals surface area contributed by atoms with Gasteiger partial charge in [-0.2, -0.15) is 0 Å². The highest BCUT2D eigenvalue weighted by atomic mass is 32.1. The molecule has 0 spiro atoms. The Morgan fingerprint density at radius 3 is 2.93 bits per heavy atom. The van der Waals surface area contributed by atoms with Gasteiger partial charge >= 0.3 is 0 Å². The van der Waals surface area contributed by atoms with Crippen LogP contribution in [0.4, 0.5) is 0 Å². The number of methoxy groups -OCH3 is 1. The standard InChI is InChI=1S/C11H12N2OS/c1-14-10-5-3-2-4-9(10)11-8(6-12)7-13-15-11/h2-5,7H,6,12H2,1H3. The Bertz CT molecular complexity index is 453. The fraction of sp³-hybridized carbons (Fsp3) is 0.182. The summed E-state index contributed by atoms with van der Waals surface area (Å²) in [6.07, 6.45) is 1.81. The van der Waals surface area contributed by atoms with Crippen molar-refractivity contribution in [3.05, 3.63) is 36.0 Å². The van der Waals surface area contributed by atoms with Gasteiger partial charge < -0.3 is 10.5 Å². The molecular formula is C11H12N2OS. The molecule has 15 heavy (non-hydrogen) atoms. The van der Waals surface area contributed by atoms with Crippen molar-refractivity contribution in [2.75, 3.05) is 7.11 Å². The molecule has 0 aliphatic carbocycles. The third kappa shape index (κ3) is 1.86. The zero-order chi connectivity index (χ0) is 10.7. The van der Waals surface area contributed by atoms with Crippen molar-refractivity contribution in [2.24, 2.45) is 5.73 Å². The Labute approximate surface area is 92.7 Å². The van der Waals surface area contributed by atoms with Crippen molar-refractivity contribution in [1.82, 2.24) is 4.37 Å². The molecule has 2 aromatic rings. The fourth-order valence-electron chi connectivity index (χ4n) is 1.46. The molecule has 0 atom stereocenters. The molecule has 0 aliphatic heterocycles. The molecule has 0 radical (unpaired) electrons. The quantitative estimate of drug-likeness (QED) is 0.863. The van der Waals surface area contributed by atoms with Crippen LogP contribution in [0, 0.1) is 0 Å². The third-order valence-corrected chi connectivity index (χ3v) is 3.09. The highest BCUT2D eigenvalue weighted by Crippen LogP contribution is 2.34. The second-order valence-corrected chi connectivity index (χ2v) is 3.89. The van der Waals surface area contributed by atoms with E-state index < -0.39 is 0 Å². The minimum atomic E-state index is 0.504. The summed E-state index contributed by atoms with van der Waals surface area (Å²) in [6.45, 7) is 0.504. The Kier molecular flexibility index (Phi) is 2.99. The maximum absolute atomic E-state index is 5.65. The number of nitrogens with zero attached hydrogens (tertiary/aromatic N) is 1. The van der Waals surface area contributed by atoms with Crippen LogP contribution in [-0.2, 0) is 6.54 Å². The van der Waals surface area contributed by atoms with E-state index in [1.807, 2.05) is 30.5 Å². The van der Waals surface area contributed by atoms with E-state index in [0.29, 0.717) is 6.54 Å². The maximum Gasteiger partial charge on any atom is 0.127 e. The van der Waals surface area contributed by atoms with Gasteiger partial charge in [-0.25, -0.2) is 4.37 Å². The van der Waals surface area contributed by atoms with Gasteiger partial charge in [0.15, 0.2) is 0 Å². The number of nitrogens with two attached hydrogens (primary N) is 1. The first kappa shape index (κ1) is 10.1. The first-order valence-electron chi connectivity index (χ1n) is 4.64. The minimum absolute atomic E-state index is 0.504. The highest BCUT2D eigenvalue weighted by molar-refractivity contribution is 7.09. The Balaban J connectivity index is 2.53. The molecule has 0 fully saturated rings. The normalized spacial score (nSPS) is 10.3. The predicted octanol–water partition coefficient (Wildman–Crippen LogP) is 2.28. The first-order chi connectivity index (χ1) is 7.36. The van der Waals surface area contributed by atoms with E-state index in [4.69, 9.17) is 10.5 Å². The van der Waals surface area contributed by atoms with E-state index in [-0.39, 0.29) is 0 Å². The molecule has 4 heteroatoms. The maximum atomic E-state index is 5.65. The van der Waals surface area contributed by atoms with Gasteiger partial charge in [0.25, 0.3) is 0 Å². The second kappa shape index (κ2) is 4.42. The van der Waals surface area contributed by atoms with Crippen molar-refractivity contribution < 1.29 is 4.74 Å². The van der Waals surface area contributed by atoms with Gasteiger partial charge in [-0.3, -0.25) is 0 Å². The topological polar surface area (TPSA) is 48.1 Å². The van der Waals surface area contributed by atoms with Crippen LogP contribution in [-0.4, -0.2) is 11.5 Å². The summed E-state index contributed by atoms with van der Waals surface area (Å²) in [5, 5.41) is 0. The van der Waals surface area contributed by atoms with Crippen molar-refractivity contribution in [1.29, 1.82) is 0 Å². The molecule has 78 valence electrons. The van der Waals surface area contributed by atoms with E-state index in [2.05, 4.69) is 4.37 Å². The predicted molar refractivity (Wildman–Crippen MR) is 62.0 cm³/mol. The lowest BCUT2D eigenvalue weighted by Gasteiger charge is -2.06. The van der Waals surface area contributed by atoms with Gasteiger partial charge in [0.2, 0.25) is 0 Å². The van der Waals surface area contributed by atoms with E-state index in [9.17, 15) is 0 Å². The van der Waals surface area contributed by atoms with E-state index in [1.165, 1.54) is 11.5 Å². The number of ether oxygens (including phenoxy) is 1. The average Bonchev–Trinajstić information content (AvgIpc) is 2.76. The average molecular weight is 220 g/mol. The van der Waals surface area contributed by atoms with Crippen LogP contribution in [0.25, 0.3) is 10.4 Å². The van der Waals surface area contributed by atoms with E-state index >= 15 is 0 Å². The Morgan fingerprint density at radius 1 is 1.40 bits per heavy atom. The third-order valence-electron chi connectivity index (χ3n) is 2.22. The summed E-state index contributed by atoms with van der Waals surface area (Å²) in [5.41, 5.74) is 7.77. The molecule has 0 aliphatic rings. The number of para-hydroxylation sites is 1. The molecule has 1 aromatic carbocycles. The Morgan fingerprint density at radius 2 is 2.20 bits per heavy atom. The molecular weight excluding hydrogens is 208 g/mol. The lowest BCUT2D eigenvalue weighted by molar-refractivity contribution is 0.416. The zero-order valence-corrected chi connectivity index (χ0v) is 9.25. The summed E-state index contributed by atoms with van der Waals surface area (Å²) in [5.74, 6) is 0.858. The fourth-order valence-corrected chi connectivity index (χ4v) is 2.27. The minimum Gasteiger partial charge on any atom is -0.496 e. The molecule has 3 nitrogen and oxygen atoms in total. The van der Waals surface area contributed by atoms with Gasteiger partial charge in [-0.1, -0.05) is 12.1 Å². The molecule has 0 bridgehead atoms. The van der Waals surface area contributed by atoms with Crippen molar-refractivity contribution in [3.8, 4) is 16.2 Å². The smallest absolute Gasteiger partial charge is 0.127 e. The zero-order valence-electron chi connectivity index (χ0n) is 8.43. The molecule has 0 saturated heterocycles. The molecule has 0 unspecified atom stereocenters.